The first kappa shape index (κ1) is 18.2. The molecule has 3 nitrogen and oxygen atoms in total. The second-order valence-electron chi connectivity index (χ2n) is 6.30. The van der Waals surface area contributed by atoms with E-state index in [0.29, 0.717) is 13.2 Å². The summed E-state index contributed by atoms with van der Waals surface area (Å²) in [6.07, 6.45) is 0.439. The molecule has 26 heavy (non-hydrogen) atoms. The molecule has 0 amide bonds. The third-order valence-corrected chi connectivity index (χ3v) is 4.28. The molecule has 0 saturated heterocycles. The lowest BCUT2D eigenvalue weighted by Crippen LogP contribution is -2.23. The molecule has 0 spiro atoms. The number of hydrogen-bond acceptors (Lipinski definition) is 3. The van der Waals surface area contributed by atoms with E-state index in [2.05, 4.69) is 17.4 Å². The van der Waals surface area contributed by atoms with Crippen LogP contribution in [0.5, 0.6) is 5.75 Å². The van der Waals surface area contributed by atoms with E-state index in [9.17, 15) is 5.11 Å². The first-order valence-corrected chi connectivity index (χ1v) is 9.00. The van der Waals surface area contributed by atoms with Gasteiger partial charge >= 0.3 is 0 Å². The van der Waals surface area contributed by atoms with Gasteiger partial charge < -0.3 is 15.2 Å². The van der Waals surface area contributed by atoms with Crippen molar-refractivity contribution in [3.63, 3.8) is 0 Å². The molecule has 3 aromatic carbocycles. The van der Waals surface area contributed by atoms with Gasteiger partial charge in [0.25, 0.3) is 0 Å². The maximum Gasteiger partial charge on any atom is 0.119 e. The van der Waals surface area contributed by atoms with Crippen molar-refractivity contribution < 1.29 is 9.84 Å². The molecule has 0 unspecified atom stereocenters. The Hall–Kier alpha value is -2.62. The average Bonchev–Trinajstić information content (AvgIpc) is 2.71. The predicted octanol–water partition coefficient (Wildman–Crippen LogP) is 4.13. The molecule has 0 aliphatic heterocycles. The highest BCUT2D eigenvalue weighted by Gasteiger charge is 2.07. The van der Waals surface area contributed by atoms with Crippen molar-refractivity contribution in [2.75, 3.05) is 13.1 Å². The molecular weight excluding hydrogens is 322 g/mol. The Kier molecular flexibility index (Phi) is 6.82. The smallest absolute Gasteiger partial charge is 0.119 e. The summed E-state index contributed by atoms with van der Waals surface area (Å²) in [5.41, 5.74) is 3.33. The van der Waals surface area contributed by atoms with E-state index < -0.39 is 6.10 Å². The topological polar surface area (TPSA) is 41.5 Å². The molecule has 0 aromatic heterocycles. The van der Waals surface area contributed by atoms with E-state index in [1.807, 2.05) is 72.8 Å². The fourth-order valence-electron chi connectivity index (χ4n) is 2.76. The van der Waals surface area contributed by atoms with Crippen LogP contribution in [0.1, 0.15) is 22.8 Å². The lowest BCUT2D eigenvalue weighted by molar-refractivity contribution is 0.175. The minimum Gasteiger partial charge on any atom is -0.489 e. The van der Waals surface area contributed by atoms with Crippen molar-refractivity contribution in [3.8, 4) is 5.75 Å². The standard InChI is InChI=1S/C23H25NO2/c25-23(17-24-16-15-19-7-3-1-4-8-19)21-11-13-22(14-12-21)26-18-20-9-5-2-6-10-20/h1-14,23-25H,15-18H2/t23-/m1/s1. The quantitative estimate of drug-likeness (QED) is 0.572. The Morgan fingerprint density at radius 3 is 2.04 bits per heavy atom. The van der Waals surface area contributed by atoms with E-state index in [1.54, 1.807) is 0 Å². The molecule has 0 aliphatic rings. The summed E-state index contributed by atoms with van der Waals surface area (Å²) < 4.78 is 5.78. The van der Waals surface area contributed by atoms with Crippen molar-refractivity contribution in [2.45, 2.75) is 19.1 Å². The summed E-state index contributed by atoms with van der Waals surface area (Å²) in [4.78, 5) is 0. The SMILES string of the molecule is O[C@H](CNCCc1ccccc1)c1ccc(OCc2ccccc2)cc1. The second kappa shape index (κ2) is 9.76. The molecule has 0 aliphatic carbocycles. The summed E-state index contributed by atoms with van der Waals surface area (Å²) in [5, 5.41) is 13.6. The van der Waals surface area contributed by atoms with Crippen molar-refractivity contribution >= 4 is 0 Å². The molecule has 0 fully saturated rings. The largest absolute Gasteiger partial charge is 0.489 e. The van der Waals surface area contributed by atoms with Crippen LogP contribution in [0.15, 0.2) is 84.9 Å². The molecular formula is C23H25NO2. The Balaban J connectivity index is 1.41. The molecule has 0 radical (unpaired) electrons. The van der Waals surface area contributed by atoms with E-state index in [1.165, 1.54) is 5.56 Å². The summed E-state index contributed by atoms with van der Waals surface area (Å²) in [6.45, 7) is 1.93. The molecule has 2 N–H and O–H groups in total. The van der Waals surface area contributed by atoms with Gasteiger partial charge in [-0.05, 0) is 41.8 Å². The fourth-order valence-corrected chi connectivity index (χ4v) is 2.76. The molecule has 1 atom stereocenters. The molecule has 3 aromatic rings. The van der Waals surface area contributed by atoms with E-state index in [-0.39, 0.29) is 0 Å². The highest BCUT2D eigenvalue weighted by Crippen LogP contribution is 2.18. The molecule has 0 heterocycles. The summed E-state index contributed by atoms with van der Waals surface area (Å²) >= 11 is 0. The van der Waals surface area contributed by atoms with Crippen LogP contribution in [0.4, 0.5) is 0 Å². The van der Waals surface area contributed by atoms with Crippen LogP contribution in [0.3, 0.4) is 0 Å². The van der Waals surface area contributed by atoms with Gasteiger partial charge in [0.15, 0.2) is 0 Å². The van der Waals surface area contributed by atoms with Gasteiger partial charge in [0.1, 0.15) is 12.4 Å². The van der Waals surface area contributed by atoms with E-state index in [0.717, 1.165) is 29.8 Å². The number of hydrogen-bond donors (Lipinski definition) is 2. The third kappa shape index (κ3) is 5.73. The Morgan fingerprint density at radius 2 is 1.38 bits per heavy atom. The minimum absolute atomic E-state index is 0.519. The predicted molar refractivity (Wildman–Crippen MR) is 105 cm³/mol. The van der Waals surface area contributed by atoms with Gasteiger partial charge in [0.2, 0.25) is 0 Å². The van der Waals surface area contributed by atoms with Gasteiger partial charge in [0, 0.05) is 6.54 Å². The maximum atomic E-state index is 10.3. The Morgan fingerprint density at radius 1 is 0.769 bits per heavy atom. The second-order valence-corrected chi connectivity index (χ2v) is 6.30. The van der Waals surface area contributed by atoms with Crippen LogP contribution in [-0.4, -0.2) is 18.2 Å². The van der Waals surface area contributed by atoms with Gasteiger partial charge in [-0.15, -0.1) is 0 Å². The molecule has 3 heteroatoms. The summed E-state index contributed by atoms with van der Waals surface area (Å²) in [7, 11) is 0. The summed E-state index contributed by atoms with van der Waals surface area (Å²) in [6, 6.07) is 28.1. The molecule has 0 bridgehead atoms. The Bertz CT molecular complexity index is 757. The van der Waals surface area contributed by atoms with Crippen molar-refractivity contribution in [1.29, 1.82) is 0 Å². The van der Waals surface area contributed by atoms with Crippen LogP contribution in [0.25, 0.3) is 0 Å². The van der Waals surface area contributed by atoms with Gasteiger partial charge in [-0.3, -0.25) is 0 Å². The minimum atomic E-state index is -0.519. The van der Waals surface area contributed by atoms with Crippen LogP contribution in [0, 0.1) is 0 Å². The fraction of sp³-hybridized carbons (Fsp3) is 0.217. The third-order valence-electron chi connectivity index (χ3n) is 4.28. The number of aliphatic hydroxyl groups is 1. The number of ether oxygens (including phenoxy) is 1. The number of rotatable bonds is 9. The highest BCUT2D eigenvalue weighted by molar-refractivity contribution is 5.29. The van der Waals surface area contributed by atoms with Crippen LogP contribution in [0.2, 0.25) is 0 Å². The lowest BCUT2D eigenvalue weighted by atomic mass is 10.1. The molecule has 0 saturated carbocycles. The number of aliphatic hydroxyl groups excluding tert-OH is 1. The van der Waals surface area contributed by atoms with E-state index in [4.69, 9.17) is 4.74 Å². The molecule has 3 rings (SSSR count). The van der Waals surface area contributed by atoms with Crippen LogP contribution in [-0.2, 0) is 13.0 Å². The van der Waals surface area contributed by atoms with Crippen molar-refractivity contribution in [1.82, 2.24) is 5.32 Å². The number of benzene rings is 3. The van der Waals surface area contributed by atoms with E-state index >= 15 is 0 Å². The van der Waals surface area contributed by atoms with Crippen LogP contribution >= 0.6 is 0 Å². The Labute approximate surface area is 155 Å². The average molecular weight is 347 g/mol. The zero-order valence-electron chi connectivity index (χ0n) is 14.8. The van der Waals surface area contributed by atoms with Gasteiger partial charge in [0.05, 0.1) is 6.10 Å². The zero-order chi connectivity index (χ0) is 18.0. The van der Waals surface area contributed by atoms with Gasteiger partial charge in [-0.1, -0.05) is 72.8 Å². The molecule has 134 valence electrons. The van der Waals surface area contributed by atoms with Crippen molar-refractivity contribution in [3.05, 3.63) is 102 Å². The number of nitrogens with one attached hydrogen (secondary N) is 1. The monoisotopic (exact) mass is 347 g/mol. The summed E-state index contributed by atoms with van der Waals surface area (Å²) in [5.74, 6) is 0.807. The normalized spacial score (nSPS) is 11.9. The van der Waals surface area contributed by atoms with Gasteiger partial charge in [-0.25, -0.2) is 0 Å². The first-order valence-electron chi connectivity index (χ1n) is 9.00. The van der Waals surface area contributed by atoms with Gasteiger partial charge in [-0.2, -0.15) is 0 Å². The maximum absolute atomic E-state index is 10.3. The highest BCUT2D eigenvalue weighted by atomic mass is 16.5. The van der Waals surface area contributed by atoms with Crippen LogP contribution < -0.4 is 10.1 Å². The first-order chi connectivity index (χ1) is 12.8. The lowest BCUT2D eigenvalue weighted by Gasteiger charge is -2.13. The van der Waals surface area contributed by atoms with Crippen molar-refractivity contribution in [2.24, 2.45) is 0 Å². The zero-order valence-corrected chi connectivity index (χ0v) is 14.8.